The van der Waals surface area contributed by atoms with E-state index in [-0.39, 0.29) is 0 Å². The minimum atomic E-state index is 0.365. The molecule has 1 aromatic carbocycles. The second kappa shape index (κ2) is 7.92. The Balaban J connectivity index is 1.53. The first-order chi connectivity index (χ1) is 12.2. The third-order valence-corrected chi connectivity index (χ3v) is 4.53. The molecule has 0 saturated carbocycles. The molecule has 1 unspecified atom stereocenters. The largest absolute Gasteiger partial charge is 0.497 e. The van der Waals surface area contributed by atoms with E-state index in [0.717, 1.165) is 36.9 Å². The maximum Gasteiger partial charge on any atom is 0.191 e. The van der Waals surface area contributed by atoms with Gasteiger partial charge >= 0.3 is 0 Å². The molecule has 0 bridgehead atoms. The Bertz CT molecular complexity index is 726. The molecule has 1 aliphatic heterocycles. The van der Waals surface area contributed by atoms with Gasteiger partial charge in [0, 0.05) is 51.2 Å². The van der Waals surface area contributed by atoms with Crippen LogP contribution in [-0.2, 0) is 13.6 Å². The number of nitrogens with zero attached hydrogens (tertiary/aromatic N) is 4. The van der Waals surface area contributed by atoms with E-state index in [0.29, 0.717) is 12.6 Å². The van der Waals surface area contributed by atoms with Crippen LogP contribution in [0.15, 0.2) is 41.5 Å². The average Bonchev–Trinajstić information content (AvgIpc) is 3.27. The molecule has 3 rings (SSSR count). The maximum absolute atomic E-state index is 5.32. The van der Waals surface area contributed by atoms with E-state index >= 15 is 0 Å². The minimum Gasteiger partial charge on any atom is -0.497 e. The smallest absolute Gasteiger partial charge is 0.191 e. The maximum atomic E-state index is 5.32. The summed E-state index contributed by atoms with van der Waals surface area (Å²) < 4.78 is 7.18. The van der Waals surface area contributed by atoms with Gasteiger partial charge in [0.1, 0.15) is 5.75 Å². The average molecular weight is 342 g/mol. The Kier molecular flexibility index (Phi) is 5.42. The number of aryl methyl sites for hydroxylation is 1. The highest BCUT2D eigenvalue weighted by atomic mass is 16.5. The van der Waals surface area contributed by atoms with E-state index in [2.05, 4.69) is 37.8 Å². The number of rotatable bonds is 5. The summed E-state index contributed by atoms with van der Waals surface area (Å²) in [5, 5.41) is 11.0. The quantitative estimate of drug-likeness (QED) is 0.635. The van der Waals surface area contributed by atoms with Gasteiger partial charge in [-0.3, -0.25) is 9.67 Å². The van der Waals surface area contributed by atoms with Crippen LogP contribution in [0.1, 0.15) is 12.1 Å². The van der Waals surface area contributed by atoms with Crippen LogP contribution >= 0.6 is 0 Å². The standard InChI is InChI=1S/C18H26N6O/c1-19-18(20-12-16-7-9-21-23(16)2)22-14-8-10-24(13-14)15-5-4-6-17(11-15)25-3/h4-7,9,11,14H,8,10,12-13H2,1-3H3,(H2,19,20,22). The molecule has 0 spiro atoms. The fourth-order valence-corrected chi connectivity index (χ4v) is 3.06. The van der Waals surface area contributed by atoms with Crippen LogP contribution in [0.5, 0.6) is 5.75 Å². The first-order valence-corrected chi connectivity index (χ1v) is 8.52. The zero-order valence-corrected chi connectivity index (χ0v) is 15.1. The van der Waals surface area contributed by atoms with Crippen molar-refractivity contribution < 1.29 is 4.74 Å². The summed E-state index contributed by atoms with van der Waals surface area (Å²) in [6.07, 6.45) is 2.87. The summed E-state index contributed by atoms with van der Waals surface area (Å²) in [7, 11) is 5.44. The fourth-order valence-electron chi connectivity index (χ4n) is 3.06. The van der Waals surface area contributed by atoms with Crippen molar-refractivity contribution in [3.8, 4) is 5.75 Å². The molecule has 2 aromatic rings. The third kappa shape index (κ3) is 4.23. The molecule has 0 aliphatic carbocycles. The van der Waals surface area contributed by atoms with Crippen LogP contribution < -0.4 is 20.3 Å². The highest BCUT2D eigenvalue weighted by Gasteiger charge is 2.23. The van der Waals surface area contributed by atoms with Gasteiger partial charge in [-0.25, -0.2) is 0 Å². The molecule has 1 saturated heterocycles. The molecule has 1 atom stereocenters. The lowest BCUT2D eigenvalue weighted by atomic mass is 10.2. The number of ether oxygens (including phenoxy) is 1. The molecule has 2 heterocycles. The van der Waals surface area contributed by atoms with E-state index < -0.39 is 0 Å². The van der Waals surface area contributed by atoms with Crippen LogP contribution in [0.2, 0.25) is 0 Å². The van der Waals surface area contributed by atoms with Gasteiger partial charge in [-0.05, 0) is 24.6 Å². The fraction of sp³-hybridized carbons (Fsp3) is 0.444. The third-order valence-electron chi connectivity index (χ3n) is 4.53. The van der Waals surface area contributed by atoms with Crippen LogP contribution in [0, 0.1) is 0 Å². The number of guanidine groups is 1. The van der Waals surface area contributed by atoms with Crippen molar-refractivity contribution in [2.24, 2.45) is 12.0 Å². The molecule has 1 aliphatic rings. The Labute approximate surface area is 148 Å². The van der Waals surface area contributed by atoms with Gasteiger partial charge in [0.25, 0.3) is 0 Å². The number of nitrogens with one attached hydrogen (secondary N) is 2. The van der Waals surface area contributed by atoms with Crippen molar-refractivity contribution in [2.75, 3.05) is 32.1 Å². The van der Waals surface area contributed by atoms with Crippen molar-refractivity contribution >= 4 is 11.6 Å². The van der Waals surface area contributed by atoms with Crippen LogP contribution in [0.25, 0.3) is 0 Å². The summed E-state index contributed by atoms with van der Waals surface area (Å²) in [5.41, 5.74) is 2.31. The van der Waals surface area contributed by atoms with Crippen molar-refractivity contribution in [3.63, 3.8) is 0 Å². The van der Waals surface area contributed by atoms with Crippen LogP contribution in [-0.4, -0.2) is 49.0 Å². The van der Waals surface area contributed by atoms with E-state index in [9.17, 15) is 0 Å². The number of methoxy groups -OCH3 is 1. The summed E-state index contributed by atoms with van der Waals surface area (Å²) in [6.45, 7) is 2.66. The molecular weight excluding hydrogens is 316 g/mol. The molecule has 7 nitrogen and oxygen atoms in total. The van der Waals surface area contributed by atoms with Gasteiger partial charge in [0.15, 0.2) is 5.96 Å². The van der Waals surface area contributed by atoms with E-state index in [1.54, 1.807) is 20.4 Å². The zero-order chi connectivity index (χ0) is 17.6. The summed E-state index contributed by atoms with van der Waals surface area (Å²) in [6, 6.07) is 10.6. The van der Waals surface area contributed by atoms with E-state index in [1.807, 2.05) is 29.9 Å². The lowest BCUT2D eigenvalue weighted by molar-refractivity contribution is 0.415. The minimum absolute atomic E-state index is 0.365. The van der Waals surface area contributed by atoms with E-state index in [4.69, 9.17) is 4.74 Å². The van der Waals surface area contributed by atoms with Crippen molar-refractivity contribution in [1.29, 1.82) is 0 Å². The monoisotopic (exact) mass is 342 g/mol. The SMILES string of the molecule is CN=C(NCc1ccnn1C)NC1CCN(c2cccc(OC)c2)C1. The summed E-state index contributed by atoms with van der Waals surface area (Å²) in [5.74, 6) is 1.71. The molecular formula is C18H26N6O. The highest BCUT2D eigenvalue weighted by molar-refractivity contribution is 5.80. The van der Waals surface area contributed by atoms with Crippen LogP contribution in [0.4, 0.5) is 5.69 Å². The lowest BCUT2D eigenvalue weighted by Gasteiger charge is -2.21. The second-order valence-corrected chi connectivity index (χ2v) is 6.15. The van der Waals surface area contributed by atoms with Crippen molar-refractivity contribution in [2.45, 2.75) is 19.0 Å². The first-order valence-electron chi connectivity index (χ1n) is 8.52. The zero-order valence-electron chi connectivity index (χ0n) is 15.1. The second-order valence-electron chi connectivity index (χ2n) is 6.15. The molecule has 0 radical (unpaired) electrons. The molecule has 25 heavy (non-hydrogen) atoms. The molecule has 7 heteroatoms. The Morgan fingerprint density at radius 2 is 2.28 bits per heavy atom. The van der Waals surface area contributed by atoms with Crippen molar-refractivity contribution in [1.82, 2.24) is 20.4 Å². The molecule has 0 amide bonds. The summed E-state index contributed by atoms with van der Waals surface area (Å²) >= 11 is 0. The highest BCUT2D eigenvalue weighted by Crippen LogP contribution is 2.24. The van der Waals surface area contributed by atoms with Crippen molar-refractivity contribution in [3.05, 3.63) is 42.2 Å². The van der Waals surface area contributed by atoms with Gasteiger partial charge in [-0.2, -0.15) is 5.10 Å². The summed E-state index contributed by atoms with van der Waals surface area (Å²) in [4.78, 5) is 6.70. The number of hydrogen-bond donors (Lipinski definition) is 2. The molecule has 1 aromatic heterocycles. The van der Waals surface area contributed by atoms with Gasteiger partial charge in [0.2, 0.25) is 0 Å². The Morgan fingerprint density at radius 3 is 3.00 bits per heavy atom. The molecule has 2 N–H and O–H groups in total. The van der Waals surface area contributed by atoms with E-state index in [1.165, 1.54) is 5.69 Å². The van der Waals surface area contributed by atoms with Gasteiger partial charge in [0.05, 0.1) is 19.3 Å². The van der Waals surface area contributed by atoms with Gasteiger partial charge in [-0.1, -0.05) is 6.07 Å². The predicted molar refractivity (Wildman–Crippen MR) is 100 cm³/mol. The predicted octanol–water partition coefficient (Wildman–Crippen LogP) is 1.37. The number of aromatic nitrogens is 2. The van der Waals surface area contributed by atoms with Gasteiger partial charge in [-0.15, -0.1) is 0 Å². The Morgan fingerprint density at radius 1 is 1.40 bits per heavy atom. The Hall–Kier alpha value is -2.70. The molecule has 134 valence electrons. The first kappa shape index (κ1) is 17.1. The lowest BCUT2D eigenvalue weighted by Crippen LogP contribution is -2.44. The van der Waals surface area contributed by atoms with Crippen LogP contribution in [0.3, 0.4) is 0 Å². The normalized spacial score (nSPS) is 17.6. The topological polar surface area (TPSA) is 66.7 Å². The number of anilines is 1. The number of benzene rings is 1. The van der Waals surface area contributed by atoms with Gasteiger partial charge < -0.3 is 20.3 Å². The number of hydrogen-bond acceptors (Lipinski definition) is 4. The number of aliphatic imine (C=N–C) groups is 1. The molecule has 1 fully saturated rings.